The van der Waals surface area contributed by atoms with Crippen LogP contribution in [0, 0.1) is 0 Å². The number of rotatable bonds is 5. The van der Waals surface area contributed by atoms with Crippen molar-refractivity contribution in [3.63, 3.8) is 0 Å². The van der Waals surface area contributed by atoms with Crippen molar-refractivity contribution in [1.82, 2.24) is 4.90 Å². The Balaban J connectivity index is 1.78. The molecule has 1 aromatic rings. The molecule has 0 spiro atoms. The number of morpholine rings is 1. The van der Waals surface area contributed by atoms with Crippen molar-refractivity contribution in [3.8, 4) is 5.75 Å². The number of ether oxygens (including phenoxy) is 3. The van der Waals surface area contributed by atoms with E-state index in [4.69, 9.17) is 9.47 Å². The molecule has 1 heterocycles. The molecule has 20 heavy (non-hydrogen) atoms. The first-order valence-electron chi connectivity index (χ1n) is 6.46. The van der Waals surface area contributed by atoms with Crippen LogP contribution in [-0.2, 0) is 14.3 Å². The molecule has 1 saturated heterocycles. The van der Waals surface area contributed by atoms with Crippen LogP contribution in [0.3, 0.4) is 0 Å². The third-order valence-corrected chi connectivity index (χ3v) is 3.58. The Morgan fingerprint density at radius 1 is 1.45 bits per heavy atom. The molecule has 1 atom stereocenters. The van der Waals surface area contributed by atoms with E-state index in [2.05, 4.69) is 20.7 Å². The highest BCUT2D eigenvalue weighted by Crippen LogP contribution is 2.17. The fourth-order valence-corrected chi connectivity index (χ4v) is 2.26. The van der Waals surface area contributed by atoms with Crippen molar-refractivity contribution in [2.75, 3.05) is 40.0 Å². The van der Waals surface area contributed by atoms with E-state index in [1.165, 1.54) is 7.11 Å². The molecule has 0 aliphatic carbocycles. The number of carbonyl (C=O) groups is 1. The molecule has 0 amide bonds. The van der Waals surface area contributed by atoms with Gasteiger partial charge in [0.1, 0.15) is 18.5 Å². The molecule has 0 bridgehead atoms. The second kappa shape index (κ2) is 7.61. The SMILES string of the molecule is COC(=O)CN1CCO[C@H](COc2ccc(Br)cc2)C1. The number of hydrogen-bond donors (Lipinski definition) is 0. The van der Waals surface area contributed by atoms with Crippen molar-refractivity contribution < 1.29 is 19.0 Å². The summed E-state index contributed by atoms with van der Waals surface area (Å²) >= 11 is 3.38. The molecule has 1 aliphatic heterocycles. The van der Waals surface area contributed by atoms with Gasteiger partial charge in [0.2, 0.25) is 0 Å². The van der Waals surface area contributed by atoms with Crippen molar-refractivity contribution >= 4 is 21.9 Å². The molecule has 0 aromatic heterocycles. The molecule has 1 aromatic carbocycles. The number of nitrogens with zero attached hydrogens (tertiary/aromatic N) is 1. The van der Waals surface area contributed by atoms with Gasteiger partial charge >= 0.3 is 5.97 Å². The average molecular weight is 344 g/mol. The number of hydrogen-bond acceptors (Lipinski definition) is 5. The maximum Gasteiger partial charge on any atom is 0.319 e. The summed E-state index contributed by atoms with van der Waals surface area (Å²) < 4.78 is 17.0. The van der Waals surface area contributed by atoms with Crippen molar-refractivity contribution in [2.45, 2.75) is 6.10 Å². The molecule has 6 heteroatoms. The maximum absolute atomic E-state index is 11.3. The van der Waals surface area contributed by atoms with Gasteiger partial charge in [-0.15, -0.1) is 0 Å². The van der Waals surface area contributed by atoms with Crippen molar-refractivity contribution in [3.05, 3.63) is 28.7 Å². The van der Waals surface area contributed by atoms with Gasteiger partial charge in [-0.2, -0.15) is 0 Å². The zero-order valence-corrected chi connectivity index (χ0v) is 13.0. The molecule has 0 N–H and O–H groups in total. The van der Waals surface area contributed by atoms with Crippen LogP contribution in [0.4, 0.5) is 0 Å². The van der Waals surface area contributed by atoms with Gasteiger partial charge in [-0.1, -0.05) is 15.9 Å². The van der Waals surface area contributed by atoms with E-state index >= 15 is 0 Å². The monoisotopic (exact) mass is 343 g/mol. The summed E-state index contributed by atoms with van der Waals surface area (Å²) in [5.41, 5.74) is 0. The van der Waals surface area contributed by atoms with Crippen LogP contribution in [-0.4, -0.2) is 56.9 Å². The molecule has 0 unspecified atom stereocenters. The minimum Gasteiger partial charge on any atom is -0.491 e. The number of esters is 1. The summed E-state index contributed by atoms with van der Waals surface area (Å²) in [5.74, 6) is 0.585. The second-order valence-corrected chi connectivity index (χ2v) is 5.48. The van der Waals surface area contributed by atoms with Crippen LogP contribution in [0.1, 0.15) is 0 Å². The van der Waals surface area contributed by atoms with E-state index in [0.29, 0.717) is 26.3 Å². The Kier molecular flexibility index (Phi) is 5.82. The van der Waals surface area contributed by atoms with Crippen LogP contribution in [0.15, 0.2) is 28.7 Å². The van der Waals surface area contributed by atoms with E-state index in [1.54, 1.807) is 0 Å². The molecule has 2 rings (SSSR count). The Hall–Kier alpha value is -1.11. The summed E-state index contributed by atoms with van der Waals surface area (Å²) in [4.78, 5) is 13.3. The first-order valence-corrected chi connectivity index (χ1v) is 7.26. The maximum atomic E-state index is 11.3. The fourth-order valence-electron chi connectivity index (χ4n) is 1.99. The minimum atomic E-state index is -0.223. The average Bonchev–Trinajstić information content (AvgIpc) is 2.47. The Bertz CT molecular complexity index is 437. The molecular formula is C14H18BrNO4. The van der Waals surface area contributed by atoms with E-state index in [-0.39, 0.29) is 12.1 Å². The Morgan fingerprint density at radius 3 is 2.90 bits per heavy atom. The highest BCUT2D eigenvalue weighted by molar-refractivity contribution is 9.10. The lowest BCUT2D eigenvalue weighted by Gasteiger charge is -2.31. The predicted octanol–water partition coefficient (Wildman–Crippen LogP) is 1.70. The molecule has 1 fully saturated rings. The quantitative estimate of drug-likeness (QED) is 0.761. The number of halogens is 1. The molecule has 1 aliphatic rings. The zero-order chi connectivity index (χ0) is 14.4. The topological polar surface area (TPSA) is 48.0 Å². The minimum absolute atomic E-state index is 0.0305. The van der Waals surface area contributed by atoms with Crippen LogP contribution >= 0.6 is 15.9 Å². The summed E-state index contributed by atoms with van der Waals surface area (Å²) in [5, 5.41) is 0. The highest BCUT2D eigenvalue weighted by Gasteiger charge is 2.22. The fraction of sp³-hybridized carbons (Fsp3) is 0.500. The smallest absolute Gasteiger partial charge is 0.319 e. The first-order chi connectivity index (χ1) is 9.67. The summed E-state index contributed by atoms with van der Waals surface area (Å²) in [6.07, 6.45) is -0.0305. The Labute approximate surface area is 126 Å². The number of carbonyl (C=O) groups excluding carboxylic acids is 1. The van der Waals surface area contributed by atoms with E-state index < -0.39 is 0 Å². The molecule has 110 valence electrons. The van der Waals surface area contributed by atoms with E-state index in [9.17, 15) is 4.79 Å². The van der Waals surface area contributed by atoms with Crippen LogP contribution in [0.5, 0.6) is 5.75 Å². The Morgan fingerprint density at radius 2 is 2.20 bits per heavy atom. The largest absolute Gasteiger partial charge is 0.491 e. The van der Waals surface area contributed by atoms with Crippen LogP contribution in [0.2, 0.25) is 0 Å². The van der Waals surface area contributed by atoms with Crippen LogP contribution < -0.4 is 4.74 Å². The van der Waals surface area contributed by atoms with Gasteiger partial charge in [0.15, 0.2) is 0 Å². The van der Waals surface area contributed by atoms with Gasteiger partial charge in [-0.05, 0) is 24.3 Å². The van der Waals surface area contributed by atoms with Gasteiger partial charge in [-0.3, -0.25) is 9.69 Å². The number of methoxy groups -OCH3 is 1. The standard InChI is InChI=1S/C14H18BrNO4/c1-18-14(17)9-16-6-7-19-13(8-16)10-20-12-4-2-11(15)3-5-12/h2-5,13H,6-10H2,1H3/t13-/m0/s1. The lowest BCUT2D eigenvalue weighted by atomic mass is 10.3. The van der Waals surface area contributed by atoms with Gasteiger partial charge in [0, 0.05) is 17.6 Å². The third kappa shape index (κ3) is 4.77. The van der Waals surface area contributed by atoms with Gasteiger partial charge in [0.25, 0.3) is 0 Å². The van der Waals surface area contributed by atoms with Crippen LogP contribution in [0.25, 0.3) is 0 Å². The highest BCUT2D eigenvalue weighted by atomic mass is 79.9. The normalized spacial score (nSPS) is 19.6. The number of benzene rings is 1. The third-order valence-electron chi connectivity index (χ3n) is 3.05. The molecular weight excluding hydrogens is 326 g/mol. The van der Waals surface area contributed by atoms with Gasteiger partial charge < -0.3 is 14.2 Å². The first kappa shape index (κ1) is 15.3. The van der Waals surface area contributed by atoms with Gasteiger partial charge in [-0.25, -0.2) is 0 Å². The van der Waals surface area contributed by atoms with Crippen molar-refractivity contribution in [2.24, 2.45) is 0 Å². The van der Waals surface area contributed by atoms with Crippen molar-refractivity contribution in [1.29, 1.82) is 0 Å². The molecule has 0 saturated carbocycles. The van der Waals surface area contributed by atoms with E-state index in [0.717, 1.165) is 16.8 Å². The summed E-state index contributed by atoms with van der Waals surface area (Å²) in [7, 11) is 1.40. The lowest BCUT2D eigenvalue weighted by molar-refractivity contribution is -0.144. The molecule has 0 radical (unpaired) electrons. The van der Waals surface area contributed by atoms with Gasteiger partial charge in [0.05, 0.1) is 20.3 Å². The molecule has 5 nitrogen and oxygen atoms in total. The zero-order valence-electron chi connectivity index (χ0n) is 11.4. The van der Waals surface area contributed by atoms with E-state index in [1.807, 2.05) is 29.2 Å². The second-order valence-electron chi connectivity index (χ2n) is 4.57. The lowest BCUT2D eigenvalue weighted by Crippen LogP contribution is -2.46. The summed E-state index contributed by atoms with van der Waals surface area (Å²) in [6, 6.07) is 7.67. The predicted molar refractivity (Wildman–Crippen MR) is 77.8 cm³/mol. The summed E-state index contributed by atoms with van der Waals surface area (Å²) in [6.45, 7) is 2.79.